The van der Waals surface area contributed by atoms with Crippen molar-refractivity contribution >= 4 is 0 Å². The zero-order chi connectivity index (χ0) is 7.72. The van der Waals surface area contributed by atoms with Crippen molar-refractivity contribution in [2.24, 2.45) is 5.73 Å². The van der Waals surface area contributed by atoms with Gasteiger partial charge in [-0.25, -0.2) is 10.0 Å². The monoisotopic (exact) mass is 141 g/mol. The summed E-state index contributed by atoms with van der Waals surface area (Å²) in [5.41, 5.74) is 6.64. The average Bonchev–Trinajstić information content (AvgIpc) is 1.82. The first kappa shape index (κ1) is 7.57. The number of hydrazine groups is 1. The third kappa shape index (κ3) is 1.30. The molecular formula is C7H15N3. The van der Waals surface area contributed by atoms with Gasteiger partial charge in [-0.05, 0) is 13.0 Å². The van der Waals surface area contributed by atoms with E-state index in [4.69, 9.17) is 5.73 Å². The minimum Gasteiger partial charge on any atom is -0.401 e. The highest BCUT2D eigenvalue weighted by Crippen LogP contribution is 2.09. The first-order valence-corrected chi connectivity index (χ1v) is 3.51. The maximum atomic E-state index is 5.67. The Morgan fingerprint density at radius 3 is 2.70 bits per heavy atom. The lowest BCUT2D eigenvalue weighted by atomic mass is 10.2. The van der Waals surface area contributed by atoms with Crippen molar-refractivity contribution in [1.29, 1.82) is 0 Å². The van der Waals surface area contributed by atoms with Crippen molar-refractivity contribution < 1.29 is 0 Å². The minimum atomic E-state index is 0.429. The maximum Gasteiger partial charge on any atom is 0.0524 e. The molecule has 0 bridgehead atoms. The second kappa shape index (κ2) is 2.60. The van der Waals surface area contributed by atoms with Crippen LogP contribution in [0.4, 0.5) is 0 Å². The van der Waals surface area contributed by atoms with Crippen LogP contribution in [0.2, 0.25) is 0 Å². The van der Waals surface area contributed by atoms with Gasteiger partial charge in [0, 0.05) is 25.8 Å². The molecule has 1 aliphatic rings. The SMILES string of the molecule is CC1C=C(N)CN(C)N1C. The quantitative estimate of drug-likeness (QED) is 0.516. The van der Waals surface area contributed by atoms with Gasteiger partial charge in [0.15, 0.2) is 0 Å². The van der Waals surface area contributed by atoms with Crippen molar-refractivity contribution in [3.8, 4) is 0 Å². The molecule has 1 rings (SSSR count). The third-order valence-electron chi connectivity index (χ3n) is 1.99. The lowest BCUT2D eigenvalue weighted by molar-refractivity contribution is 0.00629. The Morgan fingerprint density at radius 1 is 1.60 bits per heavy atom. The lowest BCUT2D eigenvalue weighted by Gasteiger charge is -2.36. The van der Waals surface area contributed by atoms with Gasteiger partial charge in [0.25, 0.3) is 0 Å². The molecule has 0 aromatic heterocycles. The molecular weight excluding hydrogens is 126 g/mol. The van der Waals surface area contributed by atoms with Crippen molar-refractivity contribution in [1.82, 2.24) is 10.0 Å². The number of hydrogen-bond acceptors (Lipinski definition) is 3. The van der Waals surface area contributed by atoms with E-state index in [2.05, 4.69) is 30.1 Å². The van der Waals surface area contributed by atoms with E-state index in [1.54, 1.807) is 0 Å². The molecule has 0 aliphatic carbocycles. The van der Waals surface area contributed by atoms with E-state index >= 15 is 0 Å². The molecule has 1 unspecified atom stereocenters. The Kier molecular flexibility index (Phi) is 1.97. The van der Waals surface area contributed by atoms with Crippen molar-refractivity contribution in [2.75, 3.05) is 20.6 Å². The molecule has 0 amide bonds. The summed E-state index contributed by atoms with van der Waals surface area (Å²) in [6.07, 6.45) is 2.08. The van der Waals surface area contributed by atoms with Crippen molar-refractivity contribution in [2.45, 2.75) is 13.0 Å². The van der Waals surface area contributed by atoms with Crippen LogP contribution in [0.1, 0.15) is 6.92 Å². The number of likely N-dealkylation sites (N-methyl/N-ethyl adjacent to an activating group) is 2. The normalized spacial score (nSPS) is 30.3. The number of rotatable bonds is 0. The predicted octanol–water partition coefficient (Wildman–Crippen LogP) is 0.00970. The molecule has 1 heterocycles. The summed E-state index contributed by atoms with van der Waals surface area (Å²) in [6.45, 7) is 2.98. The molecule has 3 nitrogen and oxygen atoms in total. The summed E-state index contributed by atoms with van der Waals surface area (Å²) < 4.78 is 0. The van der Waals surface area contributed by atoms with Gasteiger partial charge >= 0.3 is 0 Å². The molecule has 0 fully saturated rings. The van der Waals surface area contributed by atoms with Gasteiger partial charge in [0.2, 0.25) is 0 Å². The van der Waals surface area contributed by atoms with Gasteiger partial charge in [-0.15, -0.1) is 0 Å². The molecule has 3 heteroatoms. The molecule has 58 valence electrons. The van der Waals surface area contributed by atoms with Crippen LogP contribution < -0.4 is 5.73 Å². The van der Waals surface area contributed by atoms with Crippen LogP contribution in [0.3, 0.4) is 0 Å². The standard InChI is InChI=1S/C7H15N3/c1-6-4-7(8)5-9(2)10(6)3/h4,6H,5,8H2,1-3H3. The number of hydrogen-bond donors (Lipinski definition) is 1. The van der Waals surface area contributed by atoms with E-state index in [1.165, 1.54) is 0 Å². The van der Waals surface area contributed by atoms with Crippen LogP contribution in [0, 0.1) is 0 Å². The van der Waals surface area contributed by atoms with Gasteiger partial charge < -0.3 is 5.73 Å². The molecule has 0 saturated heterocycles. The summed E-state index contributed by atoms with van der Waals surface area (Å²) >= 11 is 0. The number of nitrogens with two attached hydrogens (primary N) is 1. The minimum absolute atomic E-state index is 0.429. The largest absolute Gasteiger partial charge is 0.401 e. The number of nitrogens with zero attached hydrogens (tertiary/aromatic N) is 2. The summed E-state index contributed by atoms with van der Waals surface area (Å²) in [5.74, 6) is 0. The van der Waals surface area contributed by atoms with E-state index in [0.29, 0.717) is 6.04 Å². The van der Waals surface area contributed by atoms with Crippen LogP contribution in [0.25, 0.3) is 0 Å². The average molecular weight is 141 g/mol. The van der Waals surface area contributed by atoms with Crippen molar-refractivity contribution in [3.05, 3.63) is 11.8 Å². The summed E-state index contributed by atoms with van der Waals surface area (Å²) in [5, 5.41) is 4.27. The molecule has 2 N–H and O–H groups in total. The summed E-state index contributed by atoms with van der Waals surface area (Å²) in [6, 6.07) is 0.429. The zero-order valence-corrected chi connectivity index (χ0v) is 6.83. The second-order valence-corrected chi connectivity index (χ2v) is 2.87. The predicted molar refractivity (Wildman–Crippen MR) is 42.1 cm³/mol. The van der Waals surface area contributed by atoms with E-state index in [9.17, 15) is 0 Å². The highest BCUT2D eigenvalue weighted by atomic mass is 15.6. The van der Waals surface area contributed by atoms with Gasteiger partial charge in [-0.1, -0.05) is 0 Å². The highest BCUT2D eigenvalue weighted by molar-refractivity contribution is 5.06. The van der Waals surface area contributed by atoms with Gasteiger partial charge in [-0.3, -0.25) is 0 Å². The fraction of sp³-hybridized carbons (Fsp3) is 0.714. The topological polar surface area (TPSA) is 32.5 Å². The van der Waals surface area contributed by atoms with Gasteiger partial charge in [0.1, 0.15) is 0 Å². The molecule has 1 aliphatic heterocycles. The van der Waals surface area contributed by atoms with Crippen LogP contribution in [-0.2, 0) is 0 Å². The van der Waals surface area contributed by atoms with Gasteiger partial charge in [0.05, 0.1) is 6.54 Å². The van der Waals surface area contributed by atoms with Crippen LogP contribution in [0.15, 0.2) is 11.8 Å². The Balaban J connectivity index is 2.69. The van der Waals surface area contributed by atoms with E-state index < -0.39 is 0 Å². The van der Waals surface area contributed by atoms with Crippen LogP contribution in [-0.4, -0.2) is 36.7 Å². The first-order chi connectivity index (χ1) is 4.61. The lowest BCUT2D eigenvalue weighted by Crippen LogP contribution is -2.47. The summed E-state index contributed by atoms with van der Waals surface area (Å²) in [7, 11) is 4.10. The summed E-state index contributed by atoms with van der Waals surface area (Å²) in [4.78, 5) is 0. The molecule has 1 atom stereocenters. The fourth-order valence-electron chi connectivity index (χ4n) is 1.16. The second-order valence-electron chi connectivity index (χ2n) is 2.87. The molecule has 0 radical (unpaired) electrons. The van der Waals surface area contributed by atoms with E-state index in [-0.39, 0.29) is 0 Å². The third-order valence-corrected chi connectivity index (χ3v) is 1.99. The van der Waals surface area contributed by atoms with Crippen LogP contribution in [0.5, 0.6) is 0 Å². The first-order valence-electron chi connectivity index (χ1n) is 3.51. The maximum absolute atomic E-state index is 5.67. The molecule has 0 aromatic rings. The van der Waals surface area contributed by atoms with Crippen molar-refractivity contribution in [3.63, 3.8) is 0 Å². The van der Waals surface area contributed by atoms with Crippen LogP contribution >= 0.6 is 0 Å². The van der Waals surface area contributed by atoms with Gasteiger partial charge in [-0.2, -0.15) is 0 Å². The molecule has 0 aromatic carbocycles. The zero-order valence-electron chi connectivity index (χ0n) is 6.83. The molecule has 0 spiro atoms. The smallest absolute Gasteiger partial charge is 0.0524 e. The Bertz CT molecular complexity index is 153. The molecule has 10 heavy (non-hydrogen) atoms. The fourth-order valence-corrected chi connectivity index (χ4v) is 1.16. The van der Waals surface area contributed by atoms with E-state index in [1.807, 2.05) is 7.05 Å². The molecule has 0 saturated carbocycles. The van der Waals surface area contributed by atoms with E-state index in [0.717, 1.165) is 12.2 Å². The Hall–Kier alpha value is -0.540. The Labute approximate surface area is 62.1 Å². The Morgan fingerprint density at radius 2 is 2.20 bits per heavy atom. The highest BCUT2D eigenvalue weighted by Gasteiger charge is 2.17.